The molecule has 2 aromatic rings. The zero-order chi connectivity index (χ0) is 11.8. The van der Waals surface area contributed by atoms with E-state index in [4.69, 9.17) is 5.73 Å². The first-order valence-electron chi connectivity index (χ1n) is 6.23. The fourth-order valence-corrected chi connectivity index (χ4v) is 2.59. The summed E-state index contributed by atoms with van der Waals surface area (Å²) >= 11 is 0. The molecule has 0 amide bonds. The van der Waals surface area contributed by atoms with Crippen LogP contribution in [0.2, 0.25) is 0 Å². The Morgan fingerprint density at radius 1 is 1.18 bits per heavy atom. The van der Waals surface area contributed by atoms with Gasteiger partial charge in [0.15, 0.2) is 5.82 Å². The fraction of sp³-hybridized carbons (Fsp3) is 0.462. The van der Waals surface area contributed by atoms with Gasteiger partial charge in [0.05, 0.1) is 5.52 Å². The monoisotopic (exact) mass is 230 g/mol. The van der Waals surface area contributed by atoms with Gasteiger partial charge in [-0.2, -0.15) is 5.10 Å². The van der Waals surface area contributed by atoms with Gasteiger partial charge in [-0.05, 0) is 37.5 Å². The summed E-state index contributed by atoms with van der Waals surface area (Å²) in [4.78, 5) is 2.39. The number of aromatic nitrogens is 2. The van der Waals surface area contributed by atoms with Crippen molar-refractivity contribution in [3.05, 3.63) is 18.2 Å². The molecule has 3 rings (SSSR count). The summed E-state index contributed by atoms with van der Waals surface area (Å²) in [6.45, 7) is 2.24. The highest BCUT2D eigenvalue weighted by molar-refractivity contribution is 5.92. The van der Waals surface area contributed by atoms with E-state index < -0.39 is 0 Å². The van der Waals surface area contributed by atoms with Crippen molar-refractivity contribution >= 4 is 22.4 Å². The Morgan fingerprint density at radius 2 is 1.94 bits per heavy atom. The van der Waals surface area contributed by atoms with Gasteiger partial charge in [0.1, 0.15) is 0 Å². The van der Waals surface area contributed by atoms with Crippen molar-refractivity contribution in [2.45, 2.75) is 19.3 Å². The molecule has 0 spiro atoms. The summed E-state index contributed by atoms with van der Waals surface area (Å²) in [6, 6.07) is 6.04. The predicted molar refractivity (Wildman–Crippen MR) is 71.2 cm³/mol. The van der Waals surface area contributed by atoms with Crippen LogP contribution in [0.1, 0.15) is 19.3 Å². The normalized spacial score (nSPS) is 16.6. The summed E-state index contributed by atoms with van der Waals surface area (Å²) in [6.07, 6.45) is 3.88. The van der Waals surface area contributed by atoms with E-state index in [1.165, 1.54) is 24.6 Å². The second kappa shape index (κ2) is 3.95. The van der Waals surface area contributed by atoms with E-state index in [1.54, 1.807) is 0 Å². The van der Waals surface area contributed by atoms with Crippen molar-refractivity contribution in [1.29, 1.82) is 0 Å². The van der Waals surface area contributed by atoms with Gasteiger partial charge in [0.25, 0.3) is 0 Å². The molecule has 0 radical (unpaired) electrons. The number of benzene rings is 1. The molecule has 0 atom stereocenters. The van der Waals surface area contributed by atoms with Crippen molar-refractivity contribution in [2.75, 3.05) is 23.7 Å². The van der Waals surface area contributed by atoms with Gasteiger partial charge in [0.2, 0.25) is 0 Å². The number of fused-ring (bicyclic) bond motifs is 1. The average molecular weight is 230 g/mol. The van der Waals surface area contributed by atoms with Crippen LogP contribution in [0.5, 0.6) is 0 Å². The molecule has 4 nitrogen and oxygen atoms in total. The Hall–Kier alpha value is -1.71. The highest BCUT2D eigenvalue weighted by Crippen LogP contribution is 2.28. The number of nitrogens with two attached hydrogens (primary N) is 1. The summed E-state index contributed by atoms with van der Waals surface area (Å²) in [5, 5.41) is 5.85. The molecule has 1 aliphatic heterocycles. The number of nitrogen functional groups attached to an aromatic ring is 1. The largest absolute Gasteiger partial charge is 0.399 e. The average Bonchev–Trinajstić information content (AvgIpc) is 2.68. The molecule has 17 heavy (non-hydrogen) atoms. The van der Waals surface area contributed by atoms with Gasteiger partial charge < -0.3 is 10.6 Å². The molecule has 1 fully saturated rings. The van der Waals surface area contributed by atoms with Crippen molar-refractivity contribution < 1.29 is 0 Å². The molecule has 1 saturated heterocycles. The van der Waals surface area contributed by atoms with Gasteiger partial charge in [-0.15, -0.1) is 0 Å². The fourth-order valence-electron chi connectivity index (χ4n) is 2.59. The minimum absolute atomic E-state index is 0.797. The van der Waals surface area contributed by atoms with E-state index in [1.807, 2.05) is 23.9 Å². The Morgan fingerprint density at radius 3 is 2.71 bits per heavy atom. The van der Waals surface area contributed by atoms with Crippen LogP contribution in [0.4, 0.5) is 11.5 Å². The van der Waals surface area contributed by atoms with Gasteiger partial charge in [0, 0.05) is 31.2 Å². The second-order valence-corrected chi connectivity index (χ2v) is 4.77. The zero-order valence-corrected chi connectivity index (χ0v) is 10.2. The summed E-state index contributed by atoms with van der Waals surface area (Å²) < 4.78 is 1.93. The Labute approximate surface area is 101 Å². The molecule has 1 aromatic heterocycles. The smallest absolute Gasteiger partial charge is 0.158 e. The van der Waals surface area contributed by atoms with Crippen molar-refractivity contribution in [2.24, 2.45) is 7.05 Å². The van der Waals surface area contributed by atoms with Gasteiger partial charge in [-0.1, -0.05) is 0 Å². The van der Waals surface area contributed by atoms with Crippen LogP contribution in [-0.4, -0.2) is 22.9 Å². The van der Waals surface area contributed by atoms with Crippen molar-refractivity contribution in [3.8, 4) is 0 Å². The number of hydrogen-bond donors (Lipinski definition) is 1. The summed E-state index contributed by atoms with van der Waals surface area (Å²) in [7, 11) is 1.98. The lowest BCUT2D eigenvalue weighted by molar-refractivity contribution is 0.571. The molecule has 2 N–H and O–H groups in total. The topological polar surface area (TPSA) is 47.1 Å². The molecule has 2 heterocycles. The molecule has 1 aromatic carbocycles. The predicted octanol–water partition coefficient (Wildman–Crippen LogP) is 2.15. The maximum atomic E-state index is 5.83. The summed E-state index contributed by atoms with van der Waals surface area (Å²) in [5.41, 5.74) is 7.74. The van der Waals surface area contributed by atoms with E-state index in [0.29, 0.717) is 0 Å². The first-order valence-corrected chi connectivity index (χ1v) is 6.23. The van der Waals surface area contributed by atoms with Crippen LogP contribution in [0, 0.1) is 0 Å². The van der Waals surface area contributed by atoms with Crippen LogP contribution in [0.3, 0.4) is 0 Å². The molecule has 0 saturated carbocycles. The van der Waals surface area contributed by atoms with E-state index >= 15 is 0 Å². The molecular weight excluding hydrogens is 212 g/mol. The molecule has 0 unspecified atom stereocenters. The molecule has 0 bridgehead atoms. The maximum absolute atomic E-state index is 5.83. The quantitative estimate of drug-likeness (QED) is 0.763. The third-order valence-electron chi connectivity index (χ3n) is 3.51. The lowest BCUT2D eigenvalue weighted by Gasteiger charge is -2.26. The minimum atomic E-state index is 0.797. The van der Waals surface area contributed by atoms with Crippen LogP contribution >= 0.6 is 0 Å². The number of anilines is 2. The number of rotatable bonds is 1. The lowest BCUT2D eigenvalue weighted by Crippen LogP contribution is -2.29. The highest BCUT2D eigenvalue weighted by atomic mass is 15.3. The van der Waals surface area contributed by atoms with Crippen LogP contribution in [0.15, 0.2) is 18.2 Å². The molecule has 1 aliphatic rings. The number of hydrogen-bond acceptors (Lipinski definition) is 3. The van der Waals surface area contributed by atoms with Crippen LogP contribution in [-0.2, 0) is 7.05 Å². The van der Waals surface area contributed by atoms with E-state index in [-0.39, 0.29) is 0 Å². The standard InChI is InChI=1S/C13H18N4/c1-16-12-9-10(14)5-6-11(12)13(15-16)17-7-3-2-4-8-17/h5-6,9H,2-4,7-8,14H2,1H3. The summed E-state index contributed by atoms with van der Waals surface area (Å²) in [5.74, 6) is 1.11. The first kappa shape index (κ1) is 10.4. The van der Waals surface area contributed by atoms with E-state index in [0.717, 1.165) is 30.1 Å². The number of aryl methyl sites for hydroxylation is 1. The van der Waals surface area contributed by atoms with Crippen LogP contribution in [0.25, 0.3) is 10.9 Å². The third kappa shape index (κ3) is 1.73. The SMILES string of the molecule is Cn1nc(N2CCCCC2)c2ccc(N)cc21. The Kier molecular flexibility index (Phi) is 2.42. The zero-order valence-electron chi connectivity index (χ0n) is 10.2. The number of nitrogens with zero attached hydrogens (tertiary/aromatic N) is 3. The van der Waals surface area contributed by atoms with Crippen LogP contribution < -0.4 is 10.6 Å². The highest BCUT2D eigenvalue weighted by Gasteiger charge is 2.17. The third-order valence-corrected chi connectivity index (χ3v) is 3.51. The molecular formula is C13H18N4. The van der Waals surface area contributed by atoms with Crippen molar-refractivity contribution in [3.63, 3.8) is 0 Å². The van der Waals surface area contributed by atoms with Crippen molar-refractivity contribution in [1.82, 2.24) is 9.78 Å². The second-order valence-electron chi connectivity index (χ2n) is 4.77. The van der Waals surface area contributed by atoms with E-state index in [9.17, 15) is 0 Å². The first-order chi connectivity index (χ1) is 8.25. The Balaban J connectivity index is 2.10. The molecule has 90 valence electrons. The Bertz CT molecular complexity index is 538. The van der Waals surface area contributed by atoms with Gasteiger partial charge in [-0.3, -0.25) is 4.68 Å². The maximum Gasteiger partial charge on any atom is 0.158 e. The van der Waals surface area contributed by atoms with Gasteiger partial charge in [-0.25, -0.2) is 0 Å². The van der Waals surface area contributed by atoms with E-state index in [2.05, 4.69) is 16.1 Å². The minimum Gasteiger partial charge on any atom is -0.399 e. The molecule has 4 heteroatoms. The van der Waals surface area contributed by atoms with Gasteiger partial charge >= 0.3 is 0 Å². The number of piperidine rings is 1. The lowest BCUT2D eigenvalue weighted by atomic mass is 10.1. The molecule has 0 aliphatic carbocycles.